The molecule has 3 aromatic rings. The summed E-state index contributed by atoms with van der Waals surface area (Å²) in [4.78, 5) is 18.3. The van der Waals surface area contributed by atoms with E-state index in [0.717, 1.165) is 55.0 Å². The highest BCUT2D eigenvalue weighted by molar-refractivity contribution is 5.79. The van der Waals surface area contributed by atoms with Gasteiger partial charge in [-0.25, -0.2) is 9.67 Å². The van der Waals surface area contributed by atoms with Crippen LogP contribution in [0.15, 0.2) is 42.6 Å². The molecule has 1 fully saturated rings. The summed E-state index contributed by atoms with van der Waals surface area (Å²) in [7, 11) is 1.73. The lowest BCUT2D eigenvalue weighted by Crippen LogP contribution is -2.34. The molecule has 1 unspecified atom stereocenters. The molecule has 1 amide bonds. The van der Waals surface area contributed by atoms with Gasteiger partial charge in [-0.3, -0.25) is 9.69 Å². The van der Waals surface area contributed by atoms with Crippen molar-refractivity contribution in [1.82, 2.24) is 25.0 Å². The Morgan fingerprint density at radius 2 is 2.13 bits per heavy atom. The largest absolute Gasteiger partial charge is 0.496 e. The number of para-hydroxylation sites is 1. The van der Waals surface area contributed by atoms with Gasteiger partial charge in [-0.05, 0) is 37.6 Å². The van der Waals surface area contributed by atoms with Crippen molar-refractivity contribution >= 4 is 16.9 Å². The molecule has 7 heteroatoms. The van der Waals surface area contributed by atoms with Crippen LogP contribution in [0.3, 0.4) is 0 Å². The summed E-state index contributed by atoms with van der Waals surface area (Å²) in [5.74, 6) is 1.28. The molecule has 0 radical (unpaired) electrons. The molecule has 0 spiro atoms. The van der Waals surface area contributed by atoms with E-state index in [0.29, 0.717) is 19.0 Å². The monoisotopic (exact) mass is 407 g/mol. The fourth-order valence-corrected chi connectivity index (χ4v) is 4.33. The highest BCUT2D eigenvalue weighted by Gasteiger charge is 2.26. The molecule has 0 aliphatic carbocycles. The highest BCUT2D eigenvalue weighted by atomic mass is 16.5. The van der Waals surface area contributed by atoms with Crippen LogP contribution in [0.4, 0.5) is 0 Å². The molecule has 158 valence electrons. The first-order valence-corrected chi connectivity index (χ1v) is 10.6. The molecule has 30 heavy (non-hydrogen) atoms. The molecule has 0 saturated carbocycles. The number of piperidine rings is 1. The lowest BCUT2D eigenvalue weighted by molar-refractivity contribution is -0.118. The number of nitrogens with zero attached hydrogens (tertiary/aromatic N) is 4. The van der Waals surface area contributed by atoms with Gasteiger partial charge in [-0.15, -0.1) is 0 Å². The number of ether oxygens (including phenoxy) is 1. The number of methoxy groups -OCH3 is 1. The van der Waals surface area contributed by atoms with Gasteiger partial charge in [-0.1, -0.05) is 18.2 Å². The van der Waals surface area contributed by atoms with Crippen LogP contribution in [0.1, 0.15) is 36.9 Å². The van der Waals surface area contributed by atoms with E-state index in [-0.39, 0.29) is 5.91 Å². The minimum absolute atomic E-state index is 0.0288. The average Bonchev–Trinajstić information content (AvgIpc) is 3.13. The van der Waals surface area contributed by atoms with E-state index in [4.69, 9.17) is 9.84 Å². The Labute approximate surface area is 177 Å². The number of carbonyl (C=O) groups excluding carboxylic acids is 1. The summed E-state index contributed by atoms with van der Waals surface area (Å²) in [5, 5.41) is 8.90. The molecule has 1 aromatic carbocycles. The molecule has 0 bridgehead atoms. The standard InChI is InChI=1S/C23H29N5O2/c1-17(29)24-12-14-28-23-20(9-5-11-25-23)22(26-28)19-8-6-13-27(16-19)15-18-7-3-4-10-21(18)30-2/h3-5,7,9-11,19H,6,8,12-16H2,1-2H3,(H,24,29). The molecule has 3 heterocycles. The number of rotatable bonds is 7. The summed E-state index contributed by atoms with van der Waals surface area (Å²) < 4.78 is 7.46. The van der Waals surface area contributed by atoms with Crippen LogP contribution < -0.4 is 10.1 Å². The Hall–Kier alpha value is -2.93. The number of hydrogen-bond donors (Lipinski definition) is 1. The number of benzene rings is 1. The minimum Gasteiger partial charge on any atom is -0.496 e. The van der Waals surface area contributed by atoms with Gasteiger partial charge < -0.3 is 10.1 Å². The maximum atomic E-state index is 11.2. The number of pyridine rings is 1. The second-order valence-electron chi connectivity index (χ2n) is 7.85. The molecule has 4 rings (SSSR count). The first-order chi connectivity index (χ1) is 14.7. The molecular weight excluding hydrogens is 378 g/mol. The zero-order valence-electron chi connectivity index (χ0n) is 17.7. The van der Waals surface area contributed by atoms with Gasteiger partial charge in [0, 0.05) is 49.6 Å². The fourth-order valence-electron chi connectivity index (χ4n) is 4.33. The maximum absolute atomic E-state index is 11.2. The number of carbonyl (C=O) groups is 1. The van der Waals surface area contributed by atoms with Crippen molar-refractivity contribution in [1.29, 1.82) is 0 Å². The van der Waals surface area contributed by atoms with Gasteiger partial charge in [0.25, 0.3) is 0 Å². The maximum Gasteiger partial charge on any atom is 0.216 e. The van der Waals surface area contributed by atoms with Crippen LogP contribution in [0, 0.1) is 0 Å². The number of nitrogens with one attached hydrogen (secondary N) is 1. The molecule has 1 N–H and O–H groups in total. The Morgan fingerprint density at radius 3 is 2.97 bits per heavy atom. The molecule has 1 aliphatic heterocycles. The van der Waals surface area contributed by atoms with Crippen molar-refractivity contribution in [2.24, 2.45) is 0 Å². The predicted octanol–water partition coefficient (Wildman–Crippen LogP) is 2.96. The first kappa shape index (κ1) is 20.3. The number of amides is 1. The second kappa shape index (κ2) is 9.26. The molecule has 2 aromatic heterocycles. The second-order valence-corrected chi connectivity index (χ2v) is 7.85. The van der Waals surface area contributed by atoms with E-state index in [1.807, 2.05) is 22.9 Å². The van der Waals surface area contributed by atoms with Crippen LogP contribution in [0.25, 0.3) is 11.0 Å². The molecule has 1 aliphatic rings. The molecule has 7 nitrogen and oxygen atoms in total. The zero-order chi connectivity index (χ0) is 20.9. The van der Waals surface area contributed by atoms with Crippen LogP contribution >= 0.6 is 0 Å². The third-order valence-electron chi connectivity index (χ3n) is 5.71. The van der Waals surface area contributed by atoms with Crippen molar-refractivity contribution in [3.8, 4) is 5.75 Å². The van der Waals surface area contributed by atoms with Crippen molar-refractivity contribution in [3.63, 3.8) is 0 Å². The summed E-state index contributed by atoms with van der Waals surface area (Å²) in [6, 6.07) is 12.3. The van der Waals surface area contributed by atoms with E-state index in [1.165, 1.54) is 12.5 Å². The lowest BCUT2D eigenvalue weighted by Gasteiger charge is -2.32. The third-order valence-corrected chi connectivity index (χ3v) is 5.71. The quantitative estimate of drug-likeness (QED) is 0.652. The van der Waals surface area contributed by atoms with Crippen LogP contribution in [0.5, 0.6) is 5.75 Å². The lowest BCUT2D eigenvalue weighted by atomic mass is 9.93. The number of fused-ring (bicyclic) bond motifs is 1. The van der Waals surface area contributed by atoms with Gasteiger partial charge in [0.1, 0.15) is 5.75 Å². The van der Waals surface area contributed by atoms with Crippen LogP contribution in [-0.4, -0.2) is 52.3 Å². The first-order valence-electron chi connectivity index (χ1n) is 10.6. The molecule has 1 saturated heterocycles. The Kier molecular flexibility index (Phi) is 6.28. The summed E-state index contributed by atoms with van der Waals surface area (Å²) in [6.45, 7) is 5.61. The normalized spacial score (nSPS) is 17.2. The van der Waals surface area contributed by atoms with Crippen molar-refractivity contribution in [2.45, 2.75) is 38.8 Å². The average molecular weight is 408 g/mol. The van der Waals surface area contributed by atoms with Crippen LogP contribution in [-0.2, 0) is 17.9 Å². The summed E-state index contributed by atoms with van der Waals surface area (Å²) in [6.07, 6.45) is 4.06. The smallest absolute Gasteiger partial charge is 0.216 e. The number of likely N-dealkylation sites (tertiary alicyclic amines) is 1. The fraction of sp³-hybridized carbons (Fsp3) is 0.435. The summed E-state index contributed by atoms with van der Waals surface area (Å²) >= 11 is 0. The number of hydrogen-bond acceptors (Lipinski definition) is 5. The van der Waals surface area contributed by atoms with Gasteiger partial charge in [0.2, 0.25) is 5.91 Å². The van der Waals surface area contributed by atoms with Gasteiger partial charge in [0.15, 0.2) is 5.65 Å². The van der Waals surface area contributed by atoms with Gasteiger partial charge >= 0.3 is 0 Å². The highest BCUT2D eigenvalue weighted by Crippen LogP contribution is 2.32. The molecule has 1 atom stereocenters. The van der Waals surface area contributed by atoms with Crippen molar-refractivity contribution in [2.75, 3.05) is 26.7 Å². The topological polar surface area (TPSA) is 72.3 Å². The van der Waals surface area contributed by atoms with Crippen molar-refractivity contribution < 1.29 is 9.53 Å². The van der Waals surface area contributed by atoms with Gasteiger partial charge in [-0.2, -0.15) is 5.10 Å². The van der Waals surface area contributed by atoms with E-state index in [1.54, 1.807) is 13.3 Å². The van der Waals surface area contributed by atoms with Crippen molar-refractivity contribution in [3.05, 3.63) is 53.9 Å². The van der Waals surface area contributed by atoms with E-state index in [9.17, 15) is 4.79 Å². The zero-order valence-corrected chi connectivity index (χ0v) is 17.7. The molecular formula is C23H29N5O2. The van der Waals surface area contributed by atoms with E-state index in [2.05, 4.69) is 33.4 Å². The van der Waals surface area contributed by atoms with Gasteiger partial charge in [0.05, 0.1) is 19.3 Å². The SMILES string of the molecule is COc1ccccc1CN1CCCC(c2nn(CCNC(C)=O)c3ncccc23)C1. The predicted molar refractivity (Wildman–Crippen MR) is 116 cm³/mol. The third kappa shape index (κ3) is 4.46. The Bertz CT molecular complexity index is 1020. The van der Waals surface area contributed by atoms with E-state index >= 15 is 0 Å². The van der Waals surface area contributed by atoms with Crippen LogP contribution in [0.2, 0.25) is 0 Å². The Morgan fingerprint density at radius 1 is 1.27 bits per heavy atom. The summed E-state index contributed by atoms with van der Waals surface area (Å²) in [5.41, 5.74) is 3.22. The Balaban J connectivity index is 1.53. The van der Waals surface area contributed by atoms with E-state index < -0.39 is 0 Å². The number of aromatic nitrogens is 3. The minimum atomic E-state index is -0.0288.